The summed E-state index contributed by atoms with van der Waals surface area (Å²) in [6.07, 6.45) is 3.24. The predicted octanol–water partition coefficient (Wildman–Crippen LogP) is 1.45. The van der Waals surface area contributed by atoms with Crippen LogP contribution >= 0.6 is 11.3 Å². The Balaban J connectivity index is 1.92. The molecule has 0 amide bonds. The number of aromatic nitrogens is 1. The molecule has 0 saturated heterocycles. The number of benzene rings is 1. The van der Waals surface area contributed by atoms with Gasteiger partial charge in [-0.3, -0.25) is 0 Å². The molecule has 3 rings (SSSR count). The van der Waals surface area contributed by atoms with Gasteiger partial charge < -0.3 is 10.2 Å². The van der Waals surface area contributed by atoms with Gasteiger partial charge in [-0.1, -0.05) is 6.07 Å². The maximum Gasteiger partial charge on any atom is 0.330 e. The number of phenolic OH excluding ortho intramolecular Hbond substituents is 1. The molecule has 0 atom stereocenters. The number of nitrogens with zero attached hydrogens (tertiary/aromatic N) is 2. The van der Waals surface area contributed by atoms with Crippen molar-refractivity contribution in [3.63, 3.8) is 0 Å². The topological polar surface area (TPSA) is 103 Å². The SMILES string of the molecule is O=S1(=O)NC(O)=CN1c1ccc(Cc2nccs2)cc1O. The van der Waals surface area contributed by atoms with Crippen molar-refractivity contribution in [2.75, 3.05) is 4.31 Å². The van der Waals surface area contributed by atoms with Gasteiger partial charge in [-0.15, -0.1) is 11.3 Å². The fourth-order valence-corrected chi connectivity index (χ4v) is 3.69. The van der Waals surface area contributed by atoms with Crippen LogP contribution < -0.4 is 9.03 Å². The number of hydrogen-bond acceptors (Lipinski definition) is 6. The highest BCUT2D eigenvalue weighted by Gasteiger charge is 2.30. The molecule has 0 bridgehead atoms. The van der Waals surface area contributed by atoms with Gasteiger partial charge in [0.2, 0.25) is 5.88 Å². The molecule has 1 aliphatic rings. The molecule has 1 aliphatic heterocycles. The maximum atomic E-state index is 11.7. The van der Waals surface area contributed by atoms with Crippen LogP contribution in [-0.4, -0.2) is 23.6 Å². The molecular weight excluding hydrogens is 314 g/mol. The maximum absolute atomic E-state index is 11.7. The van der Waals surface area contributed by atoms with Crippen molar-refractivity contribution in [1.29, 1.82) is 0 Å². The summed E-state index contributed by atoms with van der Waals surface area (Å²) in [4.78, 5) is 4.15. The first kappa shape index (κ1) is 13.7. The van der Waals surface area contributed by atoms with E-state index in [0.717, 1.165) is 21.1 Å². The minimum atomic E-state index is -3.90. The first-order valence-electron chi connectivity index (χ1n) is 5.89. The van der Waals surface area contributed by atoms with Crippen LogP contribution in [0.3, 0.4) is 0 Å². The van der Waals surface area contributed by atoms with Crippen LogP contribution in [0.4, 0.5) is 5.69 Å². The minimum Gasteiger partial charge on any atom is -0.506 e. The summed E-state index contributed by atoms with van der Waals surface area (Å²) in [6.45, 7) is 0. The number of nitrogens with one attached hydrogen (secondary N) is 1. The van der Waals surface area contributed by atoms with E-state index in [0.29, 0.717) is 6.42 Å². The molecule has 1 aromatic carbocycles. The number of phenols is 1. The summed E-state index contributed by atoms with van der Waals surface area (Å²) in [5.41, 5.74) is 0.874. The first-order chi connectivity index (χ1) is 9.95. The molecular formula is C12H11N3O4S2. The summed E-state index contributed by atoms with van der Waals surface area (Å²) in [6, 6.07) is 4.66. The van der Waals surface area contributed by atoms with E-state index in [2.05, 4.69) is 4.98 Å². The Hall–Kier alpha value is -2.26. The summed E-state index contributed by atoms with van der Waals surface area (Å²) >= 11 is 1.50. The van der Waals surface area contributed by atoms with Gasteiger partial charge in [0, 0.05) is 18.0 Å². The number of aliphatic hydroxyl groups is 1. The lowest BCUT2D eigenvalue weighted by Gasteiger charge is -2.15. The molecule has 0 unspecified atom stereocenters. The van der Waals surface area contributed by atoms with Gasteiger partial charge in [-0.2, -0.15) is 8.42 Å². The van der Waals surface area contributed by atoms with Crippen LogP contribution in [0.5, 0.6) is 5.75 Å². The van der Waals surface area contributed by atoms with Crippen molar-refractivity contribution in [3.05, 3.63) is 52.4 Å². The van der Waals surface area contributed by atoms with Crippen molar-refractivity contribution < 1.29 is 18.6 Å². The van der Waals surface area contributed by atoms with Gasteiger partial charge in [0.25, 0.3) is 0 Å². The highest BCUT2D eigenvalue weighted by Crippen LogP contribution is 2.33. The fourth-order valence-electron chi connectivity index (χ4n) is 1.97. The molecule has 1 aromatic heterocycles. The molecule has 7 nitrogen and oxygen atoms in total. The lowest BCUT2D eigenvalue weighted by atomic mass is 10.1. The van der Waals surface area contributed by atoms with Gasteiger partial charge in [0.15, 0.2) is 0 Å². The van der Waals surface area contributed by atoms with Crippen molar-refractivity contribution >= 4 is 27.2 Å². The Morgan fingerprint density at radius 2 is 2.14 bits per heavy atom. The number of hydrogen-bond donors (Lipinski definition) is 3. The van der Waals surface area contributed by atoms with Crippen LogP contribution in [0, 0.1) is 0 Å². The van der Waals surface area contributed by atoms with E-state index in [-0.39, 0.29) is 11.4 Å². The largest absolute Gasteiger partial charge is 0.506 e. The first-order valence-corrected chi connectivity index (χ1v) is 8.21. The van der Waals surface area contributed by atoms with Crippen LogP contribution in [-0.2, 0) is 16.6 Å². The van der Waals surface area contributed by atoms with Crippen molar-refractivity contribution in [3.8, 4) is 5.75 Å². The molecule has 0 spiro atoms. The summed E-state index contributed by atoms with van der Waals surface area (Å²) in [5, 5.41) is 22.0. The smallest absolute Gasteiger partial charge is 0.330 e. The summed E-state index contributed by atoms with van der Waals surface area (Å²) in [5.74, 6) is -0.693. The zero-order valence-corrected chi connectivity index (χ0v) is 12.2. The van der Waals surface area contributed by atoms with Gasteiger partial charge in [-0.25, -0.2) is 14.0 Å². The summed E-state index contributed by atoms with van der Waals surface area (Å²) in [7, 11) is -3.90. The zero-order valence-electron chi connectivity index (χ0n) is 10.6. The second-order valence-corrected chi connectivity index (χ2v) is 6.87. The molecule has 3 N–H and O–H groups in total. The van der Waals surface area contributed by atoms with E-state index in [4.69, 9.17) is 0 Å². The number of anilines is 1. The highest BCUT2D eigenvalue weighted by molar-refractivity contribution is 7.91. The van der Waals surface area contributed by atoms with Crippen LogP contribution in [0.25, 0.3) is 0 Å². The molecule has 9 heteroatoms. The normalized spacial score (nSPS) is 16.6. The van der Waals surface area contributed by atoms with E-state index in [1.807, 2.05) is 10.1 Å². The van der Waals surface area contributed by atoms with Crippen molar-refractivity contribution in [2.45, 2.75) is 6.42 Å². The average molecular weight is 325 g/mol. The zero-order chi connectivity index (χ0) is 15.0. The molecule has 21 heavy (non-hydrogen) atoms. The highest BCUT2D eigenvalue weighted by atomic mass is 32.2. The molecule has 110 valence electrons. The minimum absolute atomic E-state index is 0.0643. The summed E-state index contributed by atoms with van der Waals surface area (Å²) < 4.78 is 26.2. The lowest BCUT2D eigenvalue weighted by Crippen LogP contribution is -2.29. The van der Waals surface area contributed by atoms with Crippen LogP contribution in [0.1, 0.15) is 10.6 Å². The van der Waals surface area contributed by atoms with Gasteiger partial charge >= 0.3 is 10.2 Å². The van der Waals surface area contributed by atoms with Crippen LogP contribution in [0.2, 0.25) is 0 Å². The second kappa shape index (κ2) is 4.93. The number of aromatic hydroxyl groups is 1. The number of rotatable bonds is 3. The van der Waals surface area contributed by atoms with Crippen molar-refractivity contribution in [1.82, 2.24) is 9.71 Å². The third kappa shape index (κ3) is 2.65. The predicted molar refractivity (Wildman–Crippen MR) is 78.3 cm³/mol. The van der Waals surface area contributed by atoms with E-state index < -0.39 is 16.1 Å². The Kier molecular flexibility index (Phi) is 3.22. The second-order valence-electron chi connectivity index (χ2n) is 4.34. The van der Waals surface area contributed by atoms with E-state index in [1.165, 1.54) is 23.5 Å². The number of thiazole rings is 1. The molecule has 2 aromatic rings. The Morgan fingerprint density at radius 3 is 2.71 bits per heavy atom. The third-order valence-electron chi connectivity index (χ3n) is 2.85. The third-order valence-corrected chi connectivity index (χ3v) is 4.91. The van der Waals surface area contributed by atoms with Crippen LogP contribution in [0.15, 0.2) is 41.9 Å². The fraction of sp³-hybridized carbons (Fsp3) is 0.0833. The van der Waals surface area contributed by atoms with E-state index in [1.54, 1.807) is 12.3 Å². The Morgan fingerprint density at radius 1 is 1.33 bits per heavy atom. The Labute approximate surface area is 125 Å². The van der Waals surface area contributed by atoms with E-state index >= 15 is 0 Å². The molecule has 0 fully saturated rings. The lowest BCUT2D eigenvalue weighted by molar-refractivity contribution is 0.392. The van der Waals surface area contributed by atoms with Gasteiger partial charge in [0.1, 0.15) is 11.4 Å². The molecule has 0 aliphatic carbocycles. The molecule has 2 heterocycles. The monoisotopic (exact) mass is 325 g/mol. The Bertz CT molecular complexity index is 800. The number of aliphatic hydroxyl groups excluding tert-OH is 1. The average Bonchev–Trinajstić information content (AvgIpc) is 2.97. The van der Waals surface area contributed by atoms with Gasteiger partial charge in [-0.05, 0) is 17.7 Å². The molecule has 0 saturated carbocycles. The van der Waals surface area contributed by atoms with Crippen molar-refractivity contribution in [2.24, 2.45) is 0 Å². The van der Waals surface area contributed by atoms with E-state index in [9.17, 15) is 18.6 Å². The quantitative estimate of drug-likeness (QED) is 0.792. The van der Waals surface area contributed by atoms with Gasteiger partial charge in [0.05, 0.1) is 11.2 Å². The standard InChI is InChI=1S/C12H11N3O4S2/c16-10-5-8(6-12-13-3-4-20-12)1-2-9(10)15-7-11(17)14-21(15,18)19/h1-5,7,14,16-17H,6H2. The molecule has 0 radical (unpaired) electrons.